The SMILES string of the molecule is Cc1nc(C(=O)NCC2CCCN2)no1. The number of amides is 1. The molecule has 1 aliphatic rings. The van der Waals surface area contributed by atoms with Crippen molar-refractivity contribution < 1.29 is 9.32 Å². The summed E-state index contributed by atoms with van der Waals surface area (Å²) in [6.45, 7) is 3.30. The predicted octanol–water partition coefficient (Wildman–Crippen LogP) is -0.140. The van der Waals surface area contributed by atoms with Crippen molar-refractivity contribution in [2.75, 3.05) is 13.1 Å². The average Bonchev–Trinajstić information content (AvgIpc) is 2.84. The van der Waals surface area contributed by atoms with Crippen molar-refractivity contribution in [3.05, 3.63) is 11.7 Å². The normalized spacial score (nSPS) is 20.5. The highest BCUT2D eigenvalue weighted by atomic mass is 16.5. The lowest BCUT2D eigenvalue weighted by molar-refractivity contribution is 0.0937. The van der Waals surface area contributed by atoms with E-state index in [0.717, 1.165) is 13.0 Å². The Morgan fingerprint density at radius 2 is 2.60 bits per heavy atom. The van der Waals surface area contributed by atoms with Gasteiger partial charge in [0.2, 0.25) is 5.89 Å². The largest absolute Gasteiger partial charge is 0.348 e. The second kappa shape index (κ2) is 4.39. The smallest absolute Gasteiger partial charge is 0.292 e. The zero-order chi connectivity index (χ0) is 10.7. The molecule has 1 fully saturated rings. The molecule has 82 valence electrons. The van der Waals surface area contributed by atoms with Crippen LogP contribution < -0.4 is 10.6 Å². The summed E-state index contributed by atoms with van der Waals surface area (Å²) in [5.74, 6) is 0.227. The lowest BCUT2D eigenvalue weighted by Gasteiger charge is -2.09. The van der Waals surface area contributed by atoms with Crippen molar-refractivity contribution in [3.8, 4) is 0 Å². The summed E-state index contributed by atoms with van der Waals surface area (Å²) in [6, 6.07) is 0.377. The Bertz CT molecular complexity index is 344. The lowest BCUT2D eigenvalue weighted by Crippen LogP contribution is -2.37. The molecule has 0 radical (unpaired) electrons. The zero-order valence-electron chi connectivity index (χ0n) is 8.62. The van der Waals surface area contributed by atoms with Crippen molar-refractivity contribution in [2.24, 2.45) is 0 Å². The van der Waals surface area contributed by atoms with E-state index in [0.29, 0.717) is 18.5 Å². The third kappa shape index (κ3) is 2.53. The Labute approximate surface area is 87.4 Å². The molecule has 1 aliphatic heterocycles. The Balaban J connectivity index is 1.81. The number of hydrogen-bond donors (Lipinski definition) is 2. The van der Waals surface area contributed by atoms with Crippen LogP contribution in [0, 0.1) is 6.92 Å². The van der Waals surface area contributed by atoms with Gasteiger partial charge in [0.1, 0.15) is 0 Å². The molecule has 2 rings (SSSR count). The second-order valence-electron chi connectivity index (χ2n) is 3.64. The van der Waals surface area contributed by atoms with Crippen molar-refractivity contribution in [3.63, 3.8) is 0 Å². The van der Waals surface area contributed by atoms with Crippen LogP contribution in [0.25, 0.3) is 0 Å². The van der Waals surface area contributed by atoms with Crippen LogP contribution in [0.1, 0.15) is 29.4 Å². The van der Waals surface area contributed by atoms with E-state index in [9.17, 15) is 4.79 Å². The van der Waals surface area contributed by atoms with Crippen LogP contribution in [-0.2, 0) is 0 Å². The van der Waals surface area contributed by atoms with Gasteiger partial charge in [0.15, 0.2) is 0 Å². The van der Waals surface area contributed by atoms with E-state index in [1.54, 1.807) is 6.92 Å². The maximum absolute atomic E-state index is 11.5. The van der Waals surface area contributed by atoms with Crippen LogP contribution in [0.5, 0.6) is 0 Å². The summed E-state index contributed by atoms with van der Waals surface area (Å²) in [7, 11) is 0. The molecule has 1 saturated heterocycles. The van der Waals surface area contributed by atoms with Gasteiger partial charge in [-0.2, -0.15) is 4.98 Å². The van der Waals surface area contributed by atoms with Gasteiger partial charge in [0.05, 0.1) is 0 Å². The summed E-state index contributed by atoms with van der Waals surface area (Å²) in [4.78, 5) is 15.3. The molecule has 2 heterocycles. The van der Waals surface area contributed by atoms with Crippen molar-refractivity contribution in [2.45, 2.75) is 25.8 Å². The topological polar surface area (TPSA) is 80.0 Å². The van der Waals surface area contributed by atoms with Gasteiger partial charge in [-0.1, -0.05) is 5.16 Å². The molecular formula is C9H14N4O2. The molecule has 0 aliphatic carbocycles. The van der Waals surface area contributed by atoms with Crippen molar-refractivity contribution in [1.82, 2.24) is 20.8 Å². The second-order valence-corrected chi connectivity index (χ2v) is 3.64. The molecule has 0 spiro atoms. The molecule has 0 aromatic carbocycles. The highest BCUT2D eigenvalue weighted by molar-refractivity contribution is 5.90. The number of aromatic nitrogens is 2. The molecule has 6 nitrogen and oxygen atoms in total. The predicted molar refractivity (Wildman–Crippen MR) is 52.4 cm³/mol. The molecule has 2 N–H and O–H groups in total. The number of nitrogens with one attached hydrogen (secondary N) is 2. The van der Waals surface area contributed by atoms with E-state index < -0.39 is 0 Å². The van der Waals surface area contributed by atoms with E-state index in [1.807, 2.05) is 0 Å². The van der Waals surface area contributed by atoms with Gasteiger partial charge in [0, 0.05) is 19.5 Å². The van der Waals surface area contributed by atoms with E-state index in [2.05, 4.69) is 20.8 Å². The van der Waals surface area contributed by atoms with Crippen LogP contribution >= 0.6 is 0 Å². The maximum Gasteiger partial charge on any atom is 0.292 e. The number of hydrogen-bond acceptors (Lipinski definition) is 5. The molecule has 1 aromatic rings. The van der Waals surface area contributed by atoms with E-state index in [1.165, 1.54) is 6.42 Å². The minimum atomic E-state index is -0.277. The first kappa shape index (κ1) is 10.1. The fraction of sp³-hybridized carbons (Fsp3) is 0.667. The summed E-state index contributed by atoms with van der Waals surface area (Å²) < 4.78 is 4.72. The van der Waals surface area contributed by atoms with Gasteiger partial charge in [-0.3, -0.25) is 4.79 Å². The van der Waals surface area contributed by atoms with Crippen LogP contribution in [0.4, 0.5) is 0 Å². The van der Waals surface area contributed by atoms with E-state index >= 15 is 0 Å². The minimum Gasteiger partial charge on any atom is -0.348 e. The maximum atomic E-state index is 11.5. The standard InChI is InChI=1S/C9H14N4O2/c1-6-12-8(13-15-6)9(14)11-5-7-3-2-4-10-7/h7,10H,2-5H2,1H3,(H,11,14). The van der Waals surface area contributed by atoms with Gasteiger partial charge in [-0.05, 0) is 19.4 Å². The third-order valence-corrected chi connectivity index (χ3v) is 2.40. The van der Waals surface area contributed by atoms with Crippen LogP contribution in [0.3, 0.4) is 0 Å². The average molecular weight is 210 g/mol. The number of carbonyl (C=O) groups is 1. The number of aryl methyl sites for hydroxylation is 1. The summed E-state index contributed by atoms with van der Waals surface area (Å²) in [5.41, 5.74) is 0. The van der Waals surface area contributed by atoms with Gasteiger partial charge in [0.25, 0.3) is 11.7 Å². The van der Waals surface area contributed by atoms with Gasteiger partial charge < -0.3 is 15.2 Å². The Morgan fingerprint density at radius 1 is 1.73 bits per heavy atom. The monoisotopic (exact) mass is 210 g/mol. The molecule has 1 amide bonds. The molecule has 1 atom stereocenters. The summed E-state index contributed by atoms with van der Waals surface area (Å²) in [5, 5.41) is 9.60. The quantitative estimate of drug-likeness (QED) is 0.725. The highest BCUT2D eigenvalue weighted by Crippen LogP contribution is 2.03. The first-order valence-corrected chi connectivity index (χ1v) is 5.07. The van der Waals surface area contributed by atoms with Crippen LogP contribution in [0.2, 0.25) is 0 Å². The Hall–Kier alpha value is -1.43. The summed E-state index contributed by atoms with van der Waals surface area (Å²) >= 11 is 0. The molecule has 1 unspecified atom stereocenters. The molecule has 0 saturated carbocycles. The highest BCUT2D eigenvalue weighted by Gasteiger charge is 2.17. The fourth-order valence-electron chi connectivity index (χ4n) is 1.62. The molecule has 6 heteroatoms. The van der Waals surface area contributed by atoms with E-state index in [4.69, 9.17) is 4.52 Å². The zero-order valence-corrected chi connectivity index (χ0v) is 8.62. The van der Waals surface area contributed by atoms with Crippen LogP contribution in [0.15, 0.2) is 4.52 Å². The van der Waals surface area contributed by atoms with Gasteiger partial charge in [-0.15, -0.1) is 0 Å². The molecule has 15 heavy (non-hydrogen) atoms. The molecule has 1 aromatic heterocycles. The first-order chi connectivity index (χ1) is 7.25. The minimum absolute atomic E-state index is 0.102. The first-order valence-electron chi connectivity index (χ1n) is 5.07. The third-order valence-electron chi connectivity index (χ3n) is 2.40. The lowest BCUT2D eigenvalue weighted by atomic mass is 10.2. The fourth-order valence-corrected chi connectivity index (χ4v) is 1.62. The van der Waals surface area contributed by atoms with Crippen LogP contribution in [-0.4, -0.2) is 35.2 Å². The van der Waals surface area contributed by atoms with Crippen molar-refractivity contribution >= 4 is 5.91 Å². The Morgan fingerprint density at radius 3 is 3.20 bits per heavy atom. The van der Waals surface area contributed by atoms with Crippen molar-refractivity contribution in [1.29, 1.82) is 0 Å². The number of carbonyl (C=O) groups excluding carboxylic acids is 1. The molecule has 0 bridgehead atoms. The summed E-state index contributed by atoms with van der Waals surface area (Å²) in [6.07, 6.45) is 2.27. The number of nitrogens with zero attached hydrogens (tertiary/aromatic N) is 2. The van der Waals surface area contributed by atoms with E-state index in [-0.39, 0.29) is 11.7 Å². The Kier molecular flexibility index (Phi) is 2.96. The number of rotatable bonds is 3. The van der Waals surface area contributed by atoms with Gasteiger partial charge >= 0.3 is 0 Å². The molecular weight excluding hydrogens is 196 g/mol. The van der Waals surface area contributed by atoms with Gasteiger partial charge in [-0.25, -0.2) is 0 Å².